The molecule has 1 heterocycles. The molecule has 0 radical (unpaired) electrons. The number of benzene rings is 1. The lowest BCUT2D eigenvalue weighted by molar-refractivity contribution is -0.137. The van der Waals surface area contributed by atoms with E-state index in [1.165, 1.54) is 12.1 Å². The van der Waals surface area contributed by atoms with E-state index in [9.17, 15) is 14.4 Å². The van der Waals surface area contributed by atoms with Crippen LogP contribution < -0.4 is 5.32 Å². The average molecular weight is 350 g/mol. The van der Waals surface area contributed by atoms with Gasteiger partial charge in [0.1, 0.15) is 6.04 Å². The fourth-order valence-electron chi connectivity index (χ4n) is 2.39. The number of carboxylic acids is 1. The van der Waals surface area contributed by atoms with Gasteiger partial charge in [0.05, 0.1) is 17.9 Å². The molecule has 2 N–H and O–H groups in total. The zero-order chi connectivity index (χ0) is 17.7. The van der Waals surface area contributed by atoms with Crippen LogP contribution in [0.2, 0.25) is 0 Å². The first-order chi connectivity index (χ1) is 11.4. The van der Waals surface area contributed by atoms with Crippen molar-refractivity contribution < 1.29 is 19.5 Å². The maximum absolute atomic E-state index is 12.5. The van der Waals surface area contributed by atoms with Crippen molar-refractivity contribution in [3.8, 4) is 0 Å². The van der Waals surface area contributed by atoms with Gasteiger partial charge in [-0.1, -0.05) is 19.1 Å². The molecule has 7 heteroatoms. The van der Waals surface area contributed by atoms with Crippen LogP contribution in [0.4, 0.5) is 0 Å². The molecule has 2 atom stereocenters. The SMILES string of the molecule is CCC(C)NC(=O)C1CSCN1C(=O)Cc1ccc(C(=O)O)cc1. The summed E-state index contributed by atoms with van der Waals surface area (Å²) in [5.74, 6) is -0.113. The van der Waals surface area contributed by atoms with Gasteiger partial charge in [-0.25, -0.2) is 4.79 Å². The number of hydrogen-bond donors (Lipinski definition) is 2. The highest BCUT2D eigenvalue weighted by atomic mass is 32.2. The average Bonchev–Trinajstić information content (AvgIpc) is 3.05. The van der Waals surface area contributed by atoms with Gasteiger partial charge in [0.2, 0.25) is 11.8 Å². The molecule has 24 heavy (non-hydrogen) atoms. The smallest absolute Gasteiger partial charge is 0.335 e. The zero-order valence-electron chi connectivity index (χ0n) is 13.8. The number of nitrogens with one attached hydrogen (secondary N) is 1. The summed E-state index contributed by atoms with van der Waals surface area (Å²) in [7, 11) is 0. The fourth-order valence-corrected chi connectivity index (χ4v) is 3.57. The molecule has 1 aliphatic heterocycles. The zero-order valence-corrected chi connectivity index (χ0v) is 14.6. The van der Waals surface area contributed by atoms with Crippen molar-refractivity contribution >= 4 is 29.5 Å². The van der Waals surface area contributed by atoms with E-state index < -0.39 is 12.0 Å². The summed E-state index contributed by atoms with van der Waals surface area (Å²) in [5, 5.41) is 11.8. The minimum absolute atomic E-state index is 0.0867. The number of amides is 2. The fraction of sp³-hybridized carbons (Fsp3) is 0.471. The van der Waals surface area contributed by atoms with Crippen LogP contribution in [0.15, 0.2) is 24.3 Å². The van der Waals surface area contributed by atoms with E-state index in [4.69, 9.17) is 5.11 Å². The molecule has 1 aromatic carbocycles. The van der Waals surface area contributed by atoms with E-state index in [1.54, 1.807) is 28.8 Å². The van der Waals surface area contributed by atoms with Crippen molar-refractivity contribution in [1.29, 1.82) is 0 Å². The molecular weight excluding hydrogens is 328 g/mol. The van der Waals surface area contributed by atoms with Crippen molar-refractivity contribution in [2.75, 3.05) is 11.6 Å². The van der Waals surface area contributed by atoms with Gasteiger partial charge in [0, 0.05) is 11.8 Å². The minimum atomic E-state index is -0.995. The first-order valence-electron chi connectivity index (χ1n) is 7.92. The number of carbonyl (C=O) groups excluding carboxylic acids is 2. The summed E-state index contributed by atoms with van der Waals surface area (Å²) in [6, 6.07) is 5.89. The van der Waals surface area contributed by atoms with Gasteiger partial charge >= 0.3 is 5.97 Å². The highest BCUT2D eigenvalue weighted by molar-refractivity contribution is 7.99. The number of thioether (sulfide) groups is 1. The van der Waals surface area contributed by atoms with Gasteiger partial charge in [0.15, 0.2) is 0 Å². The molecular formula is C17H22N2O4S. The lowest BCUT2D eigenvalue weighted by Crippen LogP contribution is -2.49. The molecule has 6 nitrogen and oxygen atoms in total. The number of carboxylic acid groups (broad SMARTS) is 1. The van der Waals surface area contributed by atoms with Gasteiger partial charge < -0.3 is 15.3 Å². The quantitative estimate of drug-likeness (QED) is 0.816. The second-order valence-electron chi connectivity index (χ2n) is 5.88. The summed E-state index contributed by atoms with van der Waals surface area (Å²) in [4.78, 5) is 37.3. The maximum atomic E-state index is 12.5. The van der Waals surface area contributed by atoms with Crippen molar-refractivity contribution in [2.45, 2.75) is 38.8 Å². The molecule has 130 valence electrons. The van der Waals surface area contributed by atoms with E-state index in [0.29, 0.717) is 11.6 Å². The molecule has 0 aromatic heterocycles. The van der Waals surface area contributed by atoms with Crippen molar-refractivity contribution in [3.63, 3.8) is 0 Å². The third-order valence-electron chi connectivity index (χ3n) is 4.06. The molecule has 1 saturated heterocycles. The molecule has 1 fully saturated rings. The minimum Gasteiger partial charge on any atom is -0.478 e. The second-order valence-corrected chi connectivity index (χ2v) is 6.88. The molecule has 2 amide bonds. The Hall–Kier alpha value is -2.02. The Labute approximate surface area is 145 Å². The maximum Gasteiger partial charge on any atom is 0.335 e. The summed E-state index contributed by atoms with van der Waals surface area (Å²) < 4.78 is 0. The summed E-state index contributed by atoms with van der Waals surface area (Å²) in [6.07, 6.45) is 1.00. The Kier molecular flexibility index (Phi) is 6.25. The molecule has 1 aromatic rings. The predicted molar refractivity (Wildman–Crippen MR) is 93.0 cm³/mol. The Morgan fingerprint density at radius 2 is 2.00 bits per heavy atom. The summed E-state index contributed by atoms with van der Waals surface area (Å²) >= 11 is 1.57. The third-order valence-corrected chi connectivity index (χ3v) is 5.07. The largest absolute Gasteiger partial charge is 0.478 e. The second kappa shape index (κ2) is 8.19. The molecule has 0 spiro atoms. The monoisotopic (exact) mass is 350 g/mol. The Balaban J connectivity index is 2.00. The van der Waals surface area contributed by atoms with Crippen LogP contribution in [-0.4, -0.2) is 51.5 Å². The number of aromatic carboxylic acids is 1. The molecule has 2 unspecified atom stereocenters. The van der Waals surface area contributed by atoms with E-state index in [0.717, 1.165) is 12.0 Å². The normalized spacial score (nSPS) is 18.2. The van der Waals surface area contributed by atoms with Crippen molar-refractivity contribution in [2.24, 2.45) is 0 Å². The lowest BCUT2D eigenvalue weighted by Gasteiger charge is -2.24. The van der Waals surface area contributed by atoms with E-state index in [-0.39, 0.29) is 29.8 Å². The highest BCUT2D eigenvalue weighted by Crippen LogP contribution is 2.22. The van der Waals surface area contributed by atoms with Gasteiger partial charge in [-0.05, 0) is 31.0 Å². The highest BCUT2D eigenvalue weighted by Gasteiger charge is 2.34. The van der Waals surface area contributed by atoms with Crippen molar-refractivity contribution in [1.82, 2.24) is 10.2 Å². The molecule has 2 rings (SSSR count). The van der Waals surface area contributed by atoms with Crippen LogP contribution in [0.3, 0.4) is 0 Å². The topological polar surface area (TPSA) is 86.7 Å². The van der Waals surface area contributed by atoms with Gasteiger partial charge in [-0.3, -0.25) is 9.59 Å². The van der Waals surface area contributed by atoms with Gasteiger partial charge in [0.25, 0.3) is 0 Å². The van der Waals surface area contributed by atoms with Crippen LogP contribution in [-0.2, 0) is 16.0 Å². The van der Waals surface area contributed by atoms with Crippen LogP contribution >= 0.6 is 11.8 Å². The van der Waals surface area contributed by atoms with Crippen LogP contribution in [0.25, 0.3) is 0 Å². The van der Waals surface area contributed by atoms with E-state index >= 15 is 0 Å². The van der Waals surface area contributed by atoms with Crippen molar-refractivity contribution in [3.05, 3.63) is 35.4 Å². The standard InChI is InChI=1S/C17H22N2O4S/c1-3-11(2)18-16(21)14-9-24-10-19(14)15(20)8-12-4-6-13(7-5-12)17(22)23/h4-7,11,14H,3,8-10H2,1-2H3,(H,18,21)(H,22,23). The molecule has 0 saturated carbocycles. The Bertz CT molecular complexity index is 618. The van der Waals surface area contributed by atoms with Crippen LogP contribution in [0.5, 0.6) is 0 Å². The Morgan fingerprint density at radius 3 is 2.58 bits per heavy atom. The van der Waals surface area contributed by atoms with E-state index in [2.05, 4.69) is 5.32 Å². The molecule has 1 aliphatic rings. The predicted octanol–water partition coefficient (Wildman–Crippen LogP) is 1.74. The Morgan fingerprint density at radius 1 is 1.33 bits per heavy atom. The molecule has 0 aliphatic carbocycles. The number of carbonyl (C=O) groups is 3. The number of nitrogens with zero attached hydrogens (tertiary/aromatic N) is 1. The van der Waals surface area contributed by atoms with Gasteiger partial charge in [-0.15, -0.1) is 11.8 Å². The lowest BCUT2D eigenvalue weighted by atomic mass is 10.1. The first-order valence-corrected chi connectivity index (χ1v) is 9.07. The number of rotatable bonds is 6. The summed E-state index contributed by atoms with van der Waals surface area (Å²) in [5.41, 5.74) is 0.928. The number of hydrogen-bond acceptors (Lipinski definition) is 4. The van der Waals surface area contributed by atoms with Crippen LogP contribution in [0.1, 0.15) is 36.2 Å². The van der Waals surface area contributed by atoms with Gasteiger partial charge in [-0.2, -0.15) is 0 Å². The van der Waals surface area contributed by atoms with Crippen LogP contribution in [0, 0.1) is 0 Å². The summed E-state index contributed by atoms with van der Waals surface area (Å²) in [6.45, 7) is 3.94. The first kappa shape index (κ1) is 18.3. The third kappa shape index (κ3) is 4.50. The molecule has 0 bridgehead atoms. The van der Waals surface area contributed by atoms with E-state index in [1.807, 2.05) is 13.8 Å².